The quantitative estimate of drug-likeness (QED) is 0.572. The first kappa shape index (κ1) is 10.8. The lowest BCUT2D eigenvalue weighted by Crippen LogP contribution is -1.82. The molecule has 0 aliphatic rings. The van der Waals surface area contributed by atoms with E-state index in [0.29, 0.717) is 0 Å². The molecule has 0 spiro atoms. The van der Waals surface area contributed by atoms with Crippen LogP contribution in [0, 0.1) is 6.92 Å². The molecule has 2 heteroatoms. The summed E-state index contributed by atoms with van der Waals surface area (Å²) < 4.78 is 14.4. The zero-order chi connectivity index (χ0) is 12.0. The zero-order valence-corrected chi connectivity index (χ0v) is 10.8. The maximum absolute atomic E-state index is 12.4. The summed E-state index contributed by atoms with van der Waals surface area (Å²) in [7, 11) is -0.995. The van der Waals surface area contributed by atoms with E-state index < -0.39 is 10.8 Å². The van der Waals surface area contributed by atoms with E-state index >= 15 is 0 Å². The monoisotopic (exact) mass is 242 g/mol. The second-order valence-corrected chi connectivity index (χ2v) is 5.79. The zero-order valence-electron chi connectivity index (χ0n) is 9.99. The summed E-state index contributed by atoms with van der Waals surface area (Å²) in [5.74, 6) is 0. The molecule has 0 fully saturated rings. The first-order chi connectivity index (χ1) is 8.22. The lowest BCUT2D eigenvalue weighted by molar-refractivity contribution is 0.602. The van der Waals surface area contributed by atoms with Gasteiger partial charge in [-0.3, -0.25) is 0 Å². The number of rotatable bonds is 1. The maximum Gasteiger partial charge on any atom is 0.183 e. The number of thiophene rings is 1. The summed E-state index contributed by atoms with van der Waals surface area (Å²) in [5.41, 5.74) is 2.46. The van der Waals surface area contributed by atoms with Gasteiger partial charge < -0.3 is 4.55 Å². The highest BCUT2D eigenvalue weighted by Crippen LogP contribution is 2.42. The van der Waals surface area contributed by atoms with Gasteiger partial charge in [0.2, 0.25) is 0 Å². The third kappa shape index (κ3) is 1.48. The first-order valence-electron chi connectivity index (χ1n) is 5.87. The van der Waals surface area contributed by atoms with Gasteiger partial charge in [0, 0.05) is 16.3 Å². The van der Waals surface area contributed by atoms with Crippen molar-refractivity contribution in [1.82, 2.24) is 0 Å². The van der Waals surface area contributed by atoms with Gasteiger partial charge in [-0.1, -0.05) is 25.1 Å². The largest absolute Gasteiger partial charge is 0.590 e. The second kappa shape index (κ2) is 3.83. The van der Waals surface area contributed by atoms with E-state index in [0.717, 1.165) is 32.2 Å². The molecule has 3 aromatic rings. The Balaban J connectivity index is 2.57. The minimum absolute atomic E-state index is 0.957. The smallest absolute Gasteiger partial charge is 0.183 e. The Kier molecular flexibility index (Phi) is 2.42. The molecule has 0 N–H and O–H groups in total. The number of benzene rings is 2. The summed E-state index contributed by atoms with van der Waals surface area (Å²) in [6.45, 7) is 4.21. The molecule has 17 heavy (non-hydrogen) atoms. The van der Waals surface area contributed by atoms with Crippen LogP contribution in [0.3, 0.4) is 0 Å². The summed E-state index contributed by atoms with van der Waals surface area (Å²) >= 11 is 0. The van der Waals surface area contributed by atoms with Crippen molar-refractivity contribution < 1.29 is 4.55 Å². The number of hydrogen-bond donors (Lipinski definition) is 0. The minimum atomic E-state index is -0.995. The SMILES string of the molecule is CCc1cc(C)c2c(c1)c1ccccc1[s+]2[O-]. The molecule has 0 saturated carbocycles. The van der Waals surface area contributed by atoms with Gasteiger partial charge in [-0.05, 0) is 47.9 Å². The predicted octanol–water partition coefficient (Wildman–Crippen LogP) is 4.59. The van der Waals surface area contributed by atoms with Gasteiger partial charge in [0.25, 0.3) is 0 Å². The van der Waals surface area contributed by atoms with E-state index in [1.165, 1.54) is 5.56 Å². The first-order valence-corrected chi connectivity index (χ1v) is 7.02. The van der Waals surface area contributed by atoms with Crippen LogP contribution in [0.15, 0.2) is 36.4 Å². The van der Waals surface area contributed by atoms with Crippen LogP contribution >= 0.6 is 10.8 Å². The van der Waals surface area contributed by atoms with E-state index in [1.807, 2.05) is 18.2 Å². The molecule has 86 valence electrons. The molecule has 3 rings (SSSR count). The molecule has 1 nitrogen and oxygen atoms in total. The molecule has 1 heterocycles. The van der Waals surface area contributed by atoms with E-state index in [-0.39, 0.29) is 0 Å². The standard InChI is InChI=1S/C15H14OS/c1-3-11-8-10(2)15-13(9-11)12-6-4-5-7-14(12)17(15)16/h4-9H,3H2,1-2H3. The molecule has 0 aliphatic carbocycles. The highest BCUT2D eigenvalue weighted by atomic mass is 32.2. The fourth-order valence-electron chi connectivity index (χ4n) is 2.46. The van der Waals surface area contributed by atoms with Crippen LogP contribution in [0.25, 0.3) is 20.2 Å². The molecule has 1 unspecified atom stereocenters. The van der Waals surface area contributed by atoms with Crippen LogP contribution in [0.2, 0.25) is 0 Å². The average Bonchev–Trinajstić information content (AvgIpc) is 2.64. The Morgan fingerprint density at radius 2 is 1.88 bits per heavy atom. The Hall–Kier alpha value is -1.38. The van der Waals surface area contributed by atoms with Crippen molar-refractivity contribution in [3.63, 3.8) is 0 Å². The third-order valence-electron chi connectivity index (χ3n) is 3.31. The van der Waals surface area contributed by atoms with Crippen LogP contribution in [-0.2, 0) is 6.42 Å². The number of fused-ring (bicyclic) bond motifs is 3. The Morgan fingerprint density at radius 3 is 2.65 bits per heavy atom. The summed E-state index contributed by atoms with van der Waals surface area (Å²) in [4.78, 5) is 0. The highest BCUT2D eigenvalue weighted by Gasteiger charge is 2.17. The second-order valence-electron chi connectivity index (χ2n) is 4.41. The van der Waals surface area contributed by atoms with E-state index in [1.54, 1.807) is 0 Å². The van der Waals surface area contributed by atoms with Crippen LogP contribution in [0.1, 0.15) is 18.1 Å². The topological polar surface area (TPSA) is 23.1 Å². The van der Waals surface area contributed by atoms with Crippen LogP contribution in [0.5, 0.6) is 0 Å². The fraction of sp³-hybridized carbons (Fsp3) is 0.200. The van der Waals surface area contributed by atoms with Gasteiger partial charge in [-0.25, -0.2) is 0 Å². The van der Waals surface area contributed by atoms with Crippen LogP contribution in [-0.4, -0.2) is 4.55 Å². The van der Waals surface area contributed by atoms with Gasteiger partial charge >= 0.3 is 0 Å². The molecule has 1 aromatic heterocycles. The Morgan fingerprint density at radius 1 is 1.12 bits per heavy atom. The molecule has 0 amide bonds. The Labute approximate surface area is 104 Å². The summed E-state index contributed by atoms with van der Waals surface area (Å²) in [6.07, 6.45) is 1.02. The molecule has 1 atom stereocenters. The fourth-order valence-corrected chi connectivity index (χ4v) is 3.98. The van der Waals surface area contributed by atoms with Gasteiger partial charge in [-0.15, -0.1) is 0 Å². The van der Waals surface area contributed by atoms with E-state index in [2.05, 4.69) is 32.0 Å². The van der Waals surface area contributed by atoms with Gasteiger partial charge in [0.1, 0.15) is 0 Å². The van der Waals surface area contributed by atoms with Gasteiger partial charge in [0.15, 0.2) is 9.40 Å². The van der Waals surface area contributed by atoms with E-state index in [4.69, 9.17) is 0 Å². The van der Waals surface area contributed by atoms with Crippen molar-refractivity contribution in [3.05, 3.63) is 47.5 Å². The summed E-state index contributed by atoms with van der Waals surface area (Å²) in [5, 5.41) is 2.30. The normalized spacial score (nSPS) is 12.5. The lowest BCUT2D eigenvalue weighted by atomic mass is 10.0. The van der Waals surface area contributed by atoms with Crippen LogP contribution in [0.4, 0.5) is 0 Å². The van der Waals surface area contributed by atoms with Crippen molar-refractivity contribution in [2.45, 2.75) is 20.3 Å². The van der Waals surface area contributed by atoms with Crippen molar-refractivity contribution in [2.75, 3.05) is 0 Å². The van der Waals surface area contributed by atoms with Gasteiger partial charge in [-0.2, -0.15) is 0 Å². The molecule has 0 aliphatic heterocycles. The molecular formula is C15H14OS. The average molecular weight is 242 g/mol. The van der Waals surface area contributed by atoms with Gasteiger partial charge in [0.05, 0.1) is 0 Å². The van der Waals surface area contributed by atoms with Crippen LogP contribution < -0.4 is 0 Å². The number of aryl methyl sites for hydroxylation is 2. The lowest BCUT2D eigenvalue weighted by Gasteiger charge is -2.00. The molecule has 0 radical (unpaired) electrons. The molecule has 2 aromatic carbocycles. The van der Waals surface area contributed by atoms with E-state index in [9.17, 15) is 4.55 Å². The molecular weight excluding hydrogens is 228 g/mol. The Bertz CT molecular complexity index is 710. The highest BCUT2D eigenvalue weighted by molar-refractivity contribution is 7.37. The maximum atomic E-state index is 12.4. The third-order valence-corrected chi connectivity index (χ3v) is 4.97. The summed E-state index contributed by atoms with van der Waals surface area (Å²) in [6, 6.07) is 12.3. The molecule has 0 saturated heterocycles. The number of hydrogen-bond acceptors (Lipinski definition) is 1. The van der Waals surface area contributed by atoms with Crippen molar-refractivity contribution in [3.8, 4) is 0 Å². The van der Waals surface area contributed by atoms with Crippen molar-refractivity contribution >= 4 is 30.9 Å². The molecule has 0 bridgehead atoms. The van der Waals surface area contributed by atoms with Crippen molar-refractivity contribution in [2.24, 2.45) is 0 Å². The predicted molar refractivity (Wildman–Crippen MR) is 74.2 cm³/mol. The minimum Gasteiger partial charge on any atom is -0.590 e. The van der Waals surface area contributed by atoms with Crippen molar-refractivity contribution in [1.29, 1.82) is 0 Å².